The highest BCUT2D eigenvalue weighted by Gasteiger charge is 2.10. The predicted octanol–water partition coefficient (Wildman–Crippen LogP) is 2.03. The second-order valence-corrected chi connectivity index (χ2v) is 3.69. The van der Waals surface area contributed by atoms with Crippen LogP contribution in [0, 0.1) is 0 Å². The van der Waals surface area contributed by atoms with Crippen molar-refractivity contribution in [1.82, 2.24) is 10.4 Å². The van der Waals surface area contributed by atoms with E-state index in [1.807, 2.05) is 6.20 Å². The van der Waals surface area contributed by atoms with E-state index in [0.29, 0.717) is 0 Å². The van der Waals surface area contributed by atoms with Gasteiger partial charge < -0.3 is 10.4 Å². The number of aromatic amines is 1. The molecule has 1 aromatic heterocycles. The Morgan fingerprint density at radius 1 is 1.14 bits per heavy atom. The molecule has 0 unspecified atom stereocenters. The van der Waals surface area contributed by atoms with Crippen LogP contribution in [-0.2, 0) is 6.42 Å². The second-order valence-electron chi connectivity index (χ2n) is 3.69. The van der Waals surface area contributed by atoms with Gasteiger partial charge in [-0.2, -0.15) is 0 Å². The van der Waals surface area contributed by atoms with Crippen molar-refractivity contribution >= 4 is 16.6 Å². The molecular formula is C11H13N3. The van der Waals surface area contributed by atoms with Gasteiger partial charge in [-0.25, -0.2) is 5.43 Å². The SMILES string of the molecule is c1cc2c3c(ccc2[nH]1)CCCNN3. The van der Waals surface area contributed by atoms with Gasteiger partial charge in [0.2, 0.25) is 0 Å². The molecule has 3 nitrogen and oxygen atoms in total. The fraction of sp³-hybridized carbons (Fsp3) is 0.273. The maximum atomic E-state index is 3.28. The highest BCUT2D eigenvalue weighted by atomic mass is 15.4. The Balaban J connectivity index is 2.26. The molecule has 0 amide bonds. The summed E-state index contributed by atoms with van der Waals surface area (Å²) in [6.45, 7) is 1.03. The number of benzene rings is 1. The van der Waals surface area contributed by atoms with E-state index in [2.05, 4.69) is 34.0 Å². The quantitative estimate of drug-likeness (QED) is 0.590. The van der Waals surface area contributed by atoms with Gasteiger partial charge >= 0.3 is 0 Å². The Labute approximate surface area is 82.5 Å². The molecule has 1 aliphatic heterocycles. The van der Waals surface area contributed by atoms with E-state index < -0.39 is 0 Å². The van der Waals surface area contributed by atoms with E-state index >= 15 is 0 Å². The zero-order valence-corrected chi connectivity index (χ0v) is 7.93. The minimum absolute atomic E-state index is 1.03. The summed E-state index contributed by atoms with van der Waals surface area (Å²) in [5.41, 5.74) is 10.3. The van der Waals surface area contributed by atoms with Gasteiger partial charge in [0, 0.05) is 23.6 Å². The summed E-state index contributed by atoms with van der Waals surface area (Å²) >= 11 is 0. The highest BCUT2D eigenvalue weighted by Crippen LogP contribution is 2.28. The summed E-state index contributed by atoms with van der Waals surface area (Å²) in [6.07, 6.45) is 4.32. The van der Waals surface area contributed by atoms with Gasteiger partial charge in [-0.05, 0) is 30.5 Å². The first-order chi connectivity index (χ1) is 6.95. The molecule has 1 aliphatic rings. The first kappa shape index (κ1) is 7.88. The van der Waals surface area contributed by atoms with Crippen molar-refractivity contribution in [3.05, 3.63) is 30.0 Å². The Morgan fingerprint density at radius 3 is 3.14 bits per heavy atom. The van der Waals surface area contributed by atoms with Crippen molar-refractivity contribution in [1.29, 1.82) is 0 Å². The number of nitrogens with one attached hydrogen (secondary N) is 3. The van der Waals surface area contributed by atoms with Gasteiger partial charge in [-0.1, -0.05) is 6.07 Å². The van der Waals surface area contributed by atoms with E-state index in [4.69, 9.17) is 0 Å². The first-order valence-electron chi connectivity index (χ1n) is 5.03. The van der Waals surface area contributed by atoms with Gasteiger partial charge in [0.15, 0.2) is 0 Å². The van der Waals surface area contributed by atoms with Crippen molar-refractivity contribution < 1.29 is 0 Å². The van der Waals surface area contributed by atoms with Crippen LogP contribution in [0.2, 0.25) is 0 Å². The largest absolute Gasteiger partial charge is 0.361 e. The Morgan fingerprint density at radius 2 is 2.14 bits per heavy atom. The summed E-state index contributed by atoms with van der Waals surface area (Å²) in [5.74, 6) is 0. The van der Waals surface area contributed by atoms with Gasteiger partial charge in [-0.15, -0.1) is 0 Å². The molecule has 1 aromatic carbocycles. The molecule has 2 aromatic rings. The van der Waals surface area contributed by atoms with Gasteiger partial charge in [0.1, 0.15) is 0 Å². The van der Waals surface area contributed by atoms with Crippen LogP contribution >= 0.6 is 0 Å². The van der Waals surface area contributed by atoms with Crippen LogP contribution in [0.4, 0.5) is 5.69 Å². The van der Waals surface area contributed by atoms with Crippen molar-refractivity contribution in [2.24, 2.45) is 0 Å². The highest BCUT2D eigenvalue weighted by molar-refractivity contribution is 5.93. The number of hydrogen-bond acceptors (Lipinski definition) is 2. The van der Waals surface area contributed by atoms with Crippen LogP contribution in [0.1, 0.15) is 12.0 Å². The molecule has 0 fully saturated rings. The number of anilines is 1. The van der Waals surface area contributed by atoms with Gasteiger partial charge in [-0.3, -0.25) is 0 Å². The first-order valence-corrected chi connectivity index (χ1v) is 5.03. The smallest absolute Gasteiger partial charge is 0.0613 e. The summed E-state index contributed by atoms with van der Waals surface area (Å²) in [4.78, 5) is 3.22. The molecule has 3 heteroatoms. The van der Waals surface area contributed by atoms with Crippen LogP contribution in [0.5, 0.6) is 0 Å². The summed E-state index contributed by atoms with van der Waals surface area (Å²) in [7, 11) is 0. The number of hydrazine groups is 1. The number of rotatable bonds is 0. The van der Waals surface area contributed by atoms with Crippen molar-refractivity contribution in [2.45, 2.75) is 12.8 Å². The number of aromatic nitrogens is 1. The molecule has 0 aliphatic carbocycles. The molecule has 0 saturated carbocycles. The van der Waals surface area contributed by atoms with E-state index in [1.54, 1.807) is 0 Å². The number of hydrogen-bond donors (Lipinski definition) is 3. The number of H-pyrrole nitrogens is 1. The Kier molecular flexibility index (Phi) is 1.70. The zero-order valence-electron chi connectivity index (χ0n) is 7.93. The Bertz CT molecular complexity index is 459. The monoisotopic (exact) mass is 187 g/mol. The predicted molar refractivity (Wildman–Crippen MR) is 58.2 cm³/mol. The number of aryl methyl sites for hydroxylation is 1. The molecule has 3 rings (SSSR count). The minimum Gasteiger partial charge on any atom is -0.361 e. The number of fused-ring (bicyclic) bond motifs is 3. The standard InChI is InChI=1S/C11H13N3/c1-2-8-3-4-10-9(5-7-12-10)11(8)14-13-6-1/h3-5,7,12-14H,1-2,6H2. The van der Waals surface area contributed by atoms with Crippen LogP contribution in [0.15, 0.2) is 24.4 Å². The molecular weight excluding hydrogens is 174 g/mol. The Hall–Kier alpha value is -1.48. The van der Waals surface area contributed by atoms with Gasteiger partial charge in [0.25, 0.3) is 0 Å². The lowest BCUT2D eigenvalue weighted by atomic mass is 10.1. The third-order valence-corrected chi connectivity index (χ3v) is 2.78. The van der Waals surface area contributed by atoms with Crippen molar-refractivity contribution in [3.8, 4) is 0 Å². The average Bonchev–Trinajstić information content (AvgIpc) is 2.55. The third-order valence-electron chi connectivity index (χ3n) is 2.78. The van der Waals surface area contributed by atoms with Crippen molar-refractivity contribution in [2.75, 3.05) is 12.0 Å². The normalized spacial score (nSPS) is 16.0. The molecule has 0 spiro atoms. The van der Waals surface area contributed by atoms with Crippen molar-refractivity contribution in [3.63, 3.8) is 0 Å². The second kappa shape index (κ2) is 3.03. The van der Waals surface area contributed by atoms with E-state index in [-0.39, 0.29) is 0 Å². The topological polar surface area (TPSA) is 39.9 Å². The molecule has 2 heterocycles. The minimum atomic E-state index is 1.03. The molecule has 0 radical (unpaired) electrons. The lowest BCUT2D eigenvalue weighted by Gasteiger charge is -2.08. The van der Waals surface area contributed by atoms with Gasteiger partial charge in [0.05, 0.1) is 5.69 Å². The third kappa shape index (κ3) is 1.09. The average molecular weight is 187 g/mol. The molecule has 0 atom stereocenters. The summed E-state index contributed by atoms with van der Waals surface area (Å²) in [5, 5.41) is 1.27. The van der Waals surface area contributed by atoms with Crippen LogP contribution in [-0.4, -0.2) is 11.5 Å². The molecule has 72 valence electrons. The lowest BCUT2D eigenvalue weighted by Crippen LogP contribution is -2.20. The fourth-order valence-electron chi connectivity index (χ4n) is 2.05. The maximum absolute atomic E-state index is 3.28. The van der Waals surface area contributed by atoms with Crippen LogP contribution < -0.4 is 10.9 Å². The van der Waals surface area contributed by atoms with E-state index in [0.717, 1.165) is 13.0 Å². The summed E-state index contributed by atoms with van der Waals surface area (Å²) in [6, 6.07) is 6.48. The van der Waals surface area contributed by atoms with E-state index in [9.17, 15) is 0 Å². The molecule has 14 heavy (non-hydrogen) atoms. The van der Waals surface area contributed by atoms with Crippen LogP contribution in [0.3, 0.4) is 0 Å². The lowest BCUT2D eigenvalue weighted by molar-refractivity contribution is 0.741. The zero-order chi connectivity index (χ0) is 9.38. The molecule has 0 saturated heterocycles. The summed E-state index contributed by atoms with van der Waals surface area (Å²) < 4.78 is 0. The molecule has 3 N–H and O–H groups in total. The maximum Gasteiger partial charge on any atom is 0.0613 e. The van der Waals surface area contributed by atoms with Crippen LogP contribution in [0.25, 0.3) is 10.9 Å². The fourth-order valence-corrected chi connectivity index (χ4v) is 2.05. The van der Waals surface area contributed by atoms with E-state index in [1.165, 1.54) is 28.6 Å². The molecule has 0 bridgehead atoms.